The summed E-state index contributed by atoms with van der Waals surface area (Å²) >= 11 is 0. The number of aryl methyl sites for hydroxylation is 1. The van der Waals surface area contributed by atoms with E-state index >= 15 is 0 Å². The predicted octanol–water partition coefficient (Wildman–Crippen LogP) is 2.42. The summed E-state index contributed by atoms with van der Waals surface area (Å²) in [6.45, 7) is 1.87. The third-order valence-corrected chi connectivity index (χ3v) is 4.89. The molecule has 0 amide bonds. The van der Waals surface area contributed by atoms with Gasteiger partial charge in [-0.25, -0.2) is 18.1 Å². The van der Waals surface area contributed by atoms with Crippen LogP contribution >= 0.6 is 0 Å². The van der Waals surface area contributed by atoms with Crippen molar-refractivity contribution in [2.24, 2.45) is 0 Å². The minimum Gasteiger partial charge on any atom is -0.253 e. The lowest BCUT2D eigenvalue weighted by Crippen LogP contribution is -2.24. The second kappa shape index (κ2) is 5.82. The van der Waals surface area contributed by atoms with Crippen LogP contribution < -0.4 is 4.72 Å². The highest BCUT2D eigenvalue weighted by Gasteiger charge is 2.16. The van der Waals surface area contributed by atoms with Crippen molar-refractivity contribution in [1.29, 1.82) is 0 Å². The fraction of sp³-hybridized carbons (Fsp3) is 0.125. The Morgan fingerprint density at radius 2 is 1.68 bits per heavy atom. The van der Waals surface area contributed by atoms with Crippen LogP contribution in [0.1, 0.15) is 11.3 Å². The standard InChI is InChI=1S/C16H15N3O2S/c1-12-6-2-5-9-16(12)22(20,21)18-11-13-10-17-14-7-3-4-8-15(14)19-13/h2-10,18H,11H2,1H3. The Kier molecular flexibility index (Phi) is 3.87. The predicted molar refractivity (Wildman–Crippen MR) is 84.7 cm³/mol. The molecular weight excluding hydrogens is 298 g/mol. The van der Waals surface area contributed by atoms with Gasteiger partial charge in [-0.3, -0.25) is 4.98 Å². The van der Waals surface area contributed by atoms with Crippen LogP contribution in [0.2, 0.25) is 0 Å². The molecule has 1 aromatic heterocycles. The molecule has 0 aliphatic carbocycles. The van der Waals surface area contributed by atoms with E-state index in [1.807, 2.05) is 30.3 Å². The van der Waals surface area contributed by atoms with E-state index in [0.717, 1.165) is 11.0 Å². The Labute approximate surface area is 129 Å². The Hall–Kier alpha value is -2.31. The topological polar surface area (TPSA) is 72.0 Å². The van der Waals surface area contributed by atoms with Crippen molar-refractivity contribution in [3.8, 4) is 0 Å². The van der Waals surface area contributed by atoms with E-state index in [4.69, 9.17) is 0 Å². The van der Waals surface area contributed by atoms with Gasteiger partial charge in [-0.2, -0.15) is 0 Å². The molecule has 0 spiro atoms. The van der Waals surface area contributed by atoms with Gasteiger partial charge in [0.1, 0.15) is 0 Å². The fourth-order valence-corrected chi connectivity index (χ4v) is 3.43. The third-order valence-electron chi connectivity index (χ3n) is 3.32. The van der Waals surface area contributed by atoms with Gasteiger partial charge in [0, 0.05) is 0 Å². The lowest BCUT2D eigenvalue weighted by Gasteiger charge is -2.09. The molecule has 0 unspecified atom stereocenters. The molecule has 0 atom stereocenters. The third kappa shape index (κ3) is 2.98. The van der Waals surface area contributed by atoms with Crippen molar-refractivity contribution in [2.45, 2.75) is 18.4 Å². The summed E-state index contributed by atoms with van der Waals surface area (Å²) in [6, 6.07) is 14.3. The Balaban J connectivity index is 1.83. The molecule has 3 aromatic rings. The van der Waals surface area contributed by atoms with Gasteiger partial charge in [0.2, 0.25) is 10.0 Å². The van der Waals surface area contributed by atoms with Crippen molar-refractivity contribution in [3.05, 3.63) is 66.0 Å². The summed E-state index contributed by atoms with van der Waals surface area (Å²) < 4.78 is 27.2. The fourth-order valence-electron chi connectivity index (χ4n) is 2.19. The van der Waals surface area contributed by atoms with Gasteiger partial charge in [0.15, 0.2) is 0 Å². The number of hydrogen-bond donors (Lipinski definition) is 1. The average molecular weight is 313 g/mol. The van der Waals surface area contributed by atoms with Crippen LogP contribution in [-0.4, -0.2) is 18.4 Å². The molecule has 112 valence electrons. The van der Waals surface area contributed by atoms with E-state index in [9.17, 15) is 8.42 Å². The zero-order valence-electron chi connectivity index (χ0n) is 12.0. The molecule has 0 radical (unpaired) electrons. The van der Waals surface area contributed by atoms with Gasteiger partial charge >= 0.3 is 0 Å². The van der Waals surface area contributed by atoms with E-state index in [0.29, 0.717) is 11.3 Å². The lowest BCUT2D eigenvalue weighted by atomic mass is 10.2. The first kappa shape index (κ1) is 14.6. The van der Waals surface area contributed by atoms with Crippen LogP contribution in [0.15, 0.2) is 59.6 Å². The van der Waals surface area contributed by atoms with Crippen LogP contribution in [0.3, 0.4) is 0 Å². The molecule has 0 aliphatic heterocycles. The Bertz CT molecular complexity index is 923. The van der Waals surface area contributed by atoms with E-state index in [2.05, 4.69) is 14.7 Å². The van der Waals surface area contributed by atoms with Crippen LogP contribution in [-0.2, 0) is 16.6 Å². The van der Waals surface area contributed by atoms with Crippen LogP contribution in [0.4, 0.5) is 0 Å². The van der Waals surface area contributed by atoms with Crippen molar-refractivity contribution >= 4 is 21.1 Å². The molecule has 6 heteroatoms. The van der Waals surface area contributed by atoms with Crippen molar-refractivity contribution in [2.75, 3.05) is 0 Å². The monoisotopic (exact) mass is 313 g/mol. The van der Waals surface area contributed by atoms with Crippen molar-refractivity contribution in [1.82, 2.24) is 14.7 Å². The van der Waals surface area contributed by atoms with Gasteiger partial charge in [0.05, 0.1) is 34.4 Å². The van der Waals surface area contributed by atoms with Crippen molar-refractivity contribution < 1.29 is 8.42 Å². The molecule has 0 bridgehead atoms. The van der Waals surface area contributed by atoms with Gasteiger partial charge in [-0.1, -0.05) is 30.3 Å². The number of aromatic nitrogens is 2. The summed E-state index contributed by atoms with van der Waals surface area (Å²) in [5.41, 5.74) is 2.82. The van der Waals surface area contributed by atoms with E-state index in [1.54, 1.807) is 31.3 Å². The molecule has 5 nitrogen and oxygen atoms in total. The first-order chi connectivity index (χ1) is 10.6. The molecule has 0 saturated heterocycles. The highest BCUT2D eigenvalue weighted by atomic mass is 32.2. The number of para-hydroxylation sites is 2. The van der Waals surface area contributed by atoms with Gasteiger partial charge in [-0.05, 0) is 30.7 Å². The van der Waals surface area contributed by atoms with E-state index in [-0.39, 0.29) is 11.4 Å². The van der Waals surface area contributed by atoms with E-state index in [1.165, 1.54) is 0 Å². The highest BCUT2D eigenvalue weighted by molar-refractivity contribution is 7.89. The zero-order chi connectivity index (χ0) is 15.6. The maximum atomic E-state index is 12.3. The summed E-state index contributed by atoms with van der Waals surface area (Å²) in [7, 11) is -3.56. The Morgan fingerprint density at radius 1 is 1.00 bits per heavy atom. The zero-order valence-corrected chi connectivity index (χ0v) is 12.8. The average Bonchev–Trinajstić information content (AvgIpc) is 2.53. The minimum absolute atomic E-state index is 0.106. The van der Waals surface area contributed by atoms with Gasteiger partial charge < -0.3 is 0 Å². The molecule has 1 heterocycles. The number of hydrogen-bond acceptors (Lipinski definition) is 4. The number of fused-ring (bicyclic) bond motifs is 1. The first-order valence-electron chi connectivity index (χ1n) is 6.82. The lowest BCUT2D eigenvalue weighted by molar-refractivity contribution is 0.580. The first-order valence-corrected chi connectivity index (χ1v) is 8.30. The molecule has 3 rings (SSSR count). The molecule has 0 fully saturated rings. The SMILES string of the molecule is Cc1ccccc1S(=O)(=O)NCc1cnc2ccccc2n1. The number of rotatable bonds is 4. The largest absolute Gasteiger partial charge is 0.253 e. The molecule has 0 aliphatic rings. The van der Waals surface area contributed by atoms with Crippen molar-refractivity contribution in [3.63, 3.8) is 0 Å². The van der Waals surface area contributed by atoms with E-state index < -0.39 is 10.0 Å². The summed E-state index contributed by atoms with van der Waals surface area (Å²) in [6.07, 6.45) is 1.59. The summed E-state index contributed by atoms with van der Waals surface area (Å²) in [5, 5.41) is 0. The maximum absolute atomic E-state index is 12.3. The van der Waals surface area contributed by atoms with Gasteiger partial charge in [0.25, 0.3) is 0 Å². The molecule has 22 heavy (non-hydrogen) atoms. The maximum Gasteiger partial charge on any atom is 0.241 e. The second-order valence-corrected chi connectivity index (χ2v) is 6.68. The number of nitrogens with one attached hydrogen (secondary N) is 1. The quantitative estimate of drug-likeness (QED) is 0.803. The Morgan fingerprint density at radius 3 is 2.45 bits per heavy atom. The smallest absolute Gasteiger partial charge is 0.241 e. The number of benzene rings is 2. The molecule has 0 saturated carbocycles. The molecule has 1 N–H and O–H groups in total. The highest BCUT2D eigenvalue weighted by Crippen LogP contribution is 2.14. The molecule has 2 aromatic carbocycles. The van der Waals surface area contributed by atoms with Crippen LogP contribution in [0.25, 0.3) is 11.0 Å². The summed E-state index contributed by atoms with van der Waals surface area (Å²) in [5.74, 6) is 0. The minimum atomic E-state index is -3.56. The molecular formula is C16H15N3O2S. The second-order valence-electron chi connectivity index (χ2n) is 4.94. The normalized spacial score (nSPS) is 11.7. The van der Waals surface area contributed by atoms with Gasteiger partial charge in [-0.15, -0.1) is 0 Å². The van der Waals surface area contributed by atoms with Crippen LogP contribution in [0.5, 0.6) is 0 Å². The number of sulfonamides is 1. The number of nitrogens with zero attached hydrogens (tertiary/aromatic N) is 2. The summed E-state index contributed by atoms with van der Waals surface area (Å²) in [4.78, 5) is 8.96. The van der Waals surface area contributed by atoms with Crippen LogP contribution in [0, 0.1) is 6.92 Å².